The first-order valence-corrected chi connectivity index (χ1v) is 15.9. The Morgan fingerprint density at radius 1 is 0.870 bits per heavy atom. The van der Waals surface area contributed by atoms with E-state index in [0.717, 1.165) is 16.5 Å². The number of carboxylic acid groups (broad SMARTS) is 1. The van der Waals surface area contributed by atoms with Crippen LogP contribution in [0.15, 0.2) is 60.8 Å². The maximum atomic E-state index is 13.0. The van der Waals surface area contributed by atoms with Crippen molar-refractivity contribution in [1.82, 2.24) is 26.3 Å². The highest BCUT2D eigenvalue weighted by molar-refractivity contribution is 7.98. The number of thioether (sulfide) groups is 1. The lowest BCUT2D eigenvalue weighted by Crippen LogP contribution is -2.54. The number of aliphatic carboxylic acids is 1. The summed E-state index contributed by atoms with van der Waals surface area (Å²) in [5, 5.41) is 30.2. The molecule has 4 amide bonds. The van der Waals surface area contributed by atoms with Gasteiger partial charge >= 0.3 is 5.97 Å². The molecule has 0 aliphatic heterocycles. The van der Waals surface area contributed by atoms with E-state index >= 15 is 0 Å². The van der Waals surface area contributed by atoms with Gasteiger partial charge in [0.1, 0.15) is 23.3 Å². The van der Waals surface area contributed by atoms with Crippen LogP contribution in [0.5, 0.6) is 5.75 Å². The molecule has 0 unspecified atom stereocenters. The zero-order chi connectivity index (χ0) is 33.6. The molecular formula is C32H40N6O7S. The van der Waals surface area contributed by atoms with Crippen molar-refractivity contribution in [1.29, 1.82) is 0 Å². The van der Waals surface area contributed by atoms with Gasteiger partial charge in [-0.05, 0) is 35.6 Å². The zero-order valence-electron chi connectivity index (χ0n) is 25.7. The van der Waals surface area contributed by atoms with Crippen molar-refractivity contribution < 1.29 is 34.2 Å². The van der Waals surface area contributed by atoms with Gasteiger partial charge in [0.05, 0.1) is 19.1 Å². The Balaban J connectivity index is 1.45. The molecule has 0 bridgehead atoms. The van der Waals surface area contributed by atoms with Gasteiger partial charge in [-0.15, -0.1) is 0 Å². The number of carbonyl (C=O) groups is 5. The number of fused-ring (bicyclic) bond motifs is 1. The smallest absolute Gasteiger partial charge is 0.326 e. The van der Waals surface area contributed by atoms with Gasteiger partial charge in [-0.3, -0.25) is 24.2 Å². The number of rotatable bonds is 17. The Hall–Kier alpha value is -4.69. The lowest BCUT2D eigenvalue weighted by atomic mass is 10.0. The van der Waals surface area contributed by atoms with Crippen molar-refractivity contribution in [3.63, 3.8) is 0 Å². The number of aromatic nitrogens is 1. The molecule has 0 saturated carbocycles. The van der Waals surface area contributed by atoms with E-state index in [9.17, 15) is 34.2 Å². The topological polar surface area (TPSA) is 213 Å². The first-order chi connectivity index (χ1) is 21.9. The summed E-state index contributed by atoms with van der Waals surface area (Å²) in [6.45, 7) is 2.78. The standard InChI is InChI=1S/C32H40N6O7S/c1-19(2)13-25(32(44)45)38-31(43)24(14-20-7-4-3-5-8-20)37-28(41)16-35-27(40)15-36-30(42)23(33)18-46-17-21-10-11-26(39)29-22(21)9-6-12-34-29/h3-12,19,23-25,39H,13-18,33H2,1-2H3,(H,35,40)(H,36,42)(H,37,41)(H,38,43)(H,44,45)/t23-,24-,25-/m0/s1. The summed E-state index contributed by atoms with van der Waals surface area (Å²) >= 11 is 1.41. The summed E-state index contributed by atoms with van der Waals surface area (Å²) in [6, 6.07) is 12.8. The predicted molar refractivity (Wildman–Crippen MR) is 175 cm³/mol. The molecule has 14 heteroatoms. The number of carbonyl (C=O) groups excluding carboxylic acids is 4. The first-order valence-electron chi connectivity index (χ1n) is 14.7. The summed E-state index contributed by atoms with van der Waals surface area (Å²) in [7, 11) is 0. The van der Waals surface area contributed by atoms with Gasteiger partial charge in [-0.25, -0.2) is 4.79 Å². The molecule has 3 aromatic rings. The number of carboxylic acids is 1. The molecule has 3 rings (SSSR count). The molecule has 1 heterocycles. The number of aromatic hydroxyl groups is 1. The zero-order valence-corrected chi connectivity index (χ0v) is 26.5. The van der Waals surface area contributed by atoms with Crippen LogP contribution < -0.4 is 27.0 Å². The van der Waals surface area contributed by atoms with Gasteiger partial charge < -0.3 is 37.2 Å². The second-order valence-corrected chi connectivity index (χ2v) is 12.1. The minimum atomic E-state index is -1.18. The number of hydrogen-bond acceptors (Lipinski definition) is 9. The van der Waals surface area contributed by atoms with E-state index in [4.69, 9.17) is 5.73 Å². The van der Waals surface area contributed by atoms with E-state index in [2.05, 4.69) is 26.3 Å². The van der Waals surface area contributed by atoms with E-state index in [0.29, 0.717) is 11.3 Å². The third-order valence-electron chi connectivity index (χ3n) is 6.86. The Kier molecular flexibility index (Phi) is 13.8. The Labute approximate surface area is 271 Å². The second-order valence-electron chi connectivity index (χ2n) is 11.1. The number of nitrogens with two attached hydrogens (primary N) is 1. The highest BCUT2D eigenvalue weighted by Gasteiger charge is 2.27. The van der Waals surface area contributed by atoms with Gasteiger partial charge in [0, 0.05) is 29.5 Å². The van der Waals surface area contributed by atoms with Crippen LogP contribution in [0.2, 0.25) is 0 Å². The van der Waals surface area contributed by atoms with Gasteiger partial charge in [0.2, 0.25) is 23.6 Å². The fourth-order valence-corrected chi connectivity index (χ4v) is 5.52. The quantitative estimate of drug-likeness (QED) is 0.110. The van der Waals surface area contributed by atoms with Gasteiger partial charge in [-0.1, -0.05) is 56.3 Å². The molecule has 0 saturated heterocycles. The van der Waals surface area contributed by atoms with Crippen LogP contribution in [0.25, 0.3) is 10.9 Å². The van der Waals surface area contributed by atoms with Crippen molar-refractivity contribution in [3.05, 3.63) is 71.9 Å². The van der Waals surface area contributed by atoms with E-state index < -0.39 is 60.8 Å². The van der Waals surface area contributed by atoms with Crippen LogP contribution in [0, 0.1) is 5.92 Å². The van der Waals surface area contributed by atoms with Crippen LogP contribution in [0.3, 0.4) is 0 Å². The summed E-state index contributed by atoms with van der Waals surface area (Å²) in [5.41, 5.74) is 8.16. The van der Waals surface area contributed by atoms with E-state index in [1.165, 1.54) is 11.8 Å². The molecule has 46 heavy (non-hydrogen) atoms. The third-order valence-corrected chi connectivity index (χ3v) is 7.97. The van der Waals surface area contributed by atoms with Crippen molar-refractivity contribution in [2.24, 2.45) is 11.7 Å². The Bertz CT molecular complexity index is 1520. The molecule has 0 fully saturated rings. The second kappa shape index (κ2) is 17.7. The molecule has 3 atom stereocenters. The van der Waals surface area contributed by atoms with Crippen LogP contribution >= 0.6 is 11.8 Å². The molecule has 2 aromatic carbocycles. The molecule has 246 valence electrons. The molecule has 1 aromatic heterocycles. The monoisotopic (exact) mass is 652 g/mol. The van der Waals surface area contributed by atoms with Gasteiger partial charge in [0.15, 0.2) is 0 Å². The van der Waals surface area contributed by atoms with Crippen molar-refractivity contribution in [2.45, 2.75) is 50.6 Å². The van der Waals surface area contributed by atoms with E-state index in [-0.39, 0.29) is 30.3 Å². The average Bonchev–Trinajstić information content (AvgIpc) is 3.03. The van der Waals surface area contributed by atoms with Gasteiger partial charge in [-0.2, -0.15) is 11.8 Å². The molecule has 0 spiro atoms. The normalized spacial score (nSPS) is 13.0. The highest BCUT2D eigenvalue weighted by Crippen LogP contribution is 2.28. The molecule has 0 aliphatic carbocycles. The maximum Gasteiger partial charge on any atom is 0.326 e. The molecular weight excluding hydrogens is 612 g/mol. The number of phenols is 1. The lowest BCUT2D eigenvalue weighted by molar-refractivity contribution is -0.142. The van der Waals surface area contributed by atoms with Crippen LogP contribution in [-0.4, -0.2) is 81.8 Å². The maximum absolute atomic E-state index is 13.0. The average molecular weight is 653 g/mol. The van der Waals surface area contributed by atoms with E-state index in [1.807, 2.05) is 19.9 Å². The first kappa shape index (κ1) is 35.8. The number of benzene rings is 2. The highest BCUT2D eigenvalue weighted by atomic mass is 32.2. The fourth-order valence-electron chi connectivity index (χ4n) is 4.52. The van der Waals surface area contributed by atoms with Gasteiger partial charge in [0.25, 0.3) is 0 Å². The number of amides is 4. The Morgan fingerprint density at radius 2 is 1.59 bits per heavy atom. The van der Waals surface area contributed by atoms with Crippen molar-refractivity contribution in [3.8, 4) is 5.75 Å². The predicted octanol–water partition coefficient (Wildman–Crippen LogP) is 1.08. The molecule has 8 N–H and O–H groups in total. The largest absolute Gasteiger partial charge is 0.506 e. The molecule has 0 aliphatic rings. The fraction of sp³-hybridized carbons (Fsp3) is 0.375. The number of hydrogen-bond donors (Lipinski definition) is 7. The summed E-state index contributed by atoms with van der Waals surface area (Å²) in [4.78, 5) is 66.4. The number of nitrogens with zero attached hydrogens (tertiary/aromatic N) is 1. The summed E-state index contributed by atoms with van der Waals surface area (Å²) in [5.74, 6) is -2.81. The van der Waals surface area contributed by atoms with E-state index in [1.54, 1.807) is 54.7 Å². The number of pyridine rings is 1. The SMILES string of the molecule is CC(C)C[C@H](NC(=O)[C@H](Cc1ccccc1)NC(=O)CNC(=O)CNC(=O)[C@@H](N)CSCc1ccc(O)c2ncccc12)C(=O)O. The molecule has 13 nitrogen and oxygen atoms in total. The Morgan fingerprint density at radius 3 is 2.28 bits per heavy atom. The number of nitrogens with one attached hydrogen (secondary N) is 4. The minimum absolute atomic E-state index is 0.0107. The minimum Gasteiger partial charge on any atom is -0.506 e. The van der Waals surface area contributed by atoms with Crippen LogP contribution in [0.4, 0.5) is 0 Å². The van der Waals surface area contributed by atoms with Crippen LogP contribution in [0.1, 0.15) is 31.4 Å². The lowest BCUT2D eigenvalue weighted by Gasteiger charge is -2.22. The third kappa shape index (κ3) is 11.3. The van der Waals surface area contributed by atoms with Crippen LogP contribution in [-0.2, 0) is 36.1 Å². The van der Waals surface area contributed by atoms with Crippen molar-refractivity contribution >= 4 is 52.3 Å². The number of phenolic OH excluding ortho intramolecular Hbond substituents is 1. The summed E-state index contributed by atoms with van der Waals surface area (Å²) in [6.07, 6.45) is 1.91. The summed E-state index contributed by atoms with van der Waals surface area (Å²) < 4.78 is 0. The molecule has 0 radical (unpaired) electrons. The van der Waals surface area contributed by atoms with Crippen molar-refractivity contribution in [2.75, 3.05) is 18.8 Å².